The largest absolute Gasteiger partial charge is 0.485 e. The number of fused-ring (bicyclic) bond motifs is 1. The topological polar surface area (TPSA) is 72.6 Å². The van der Waals surface area contributed by atoms with Crippen LogP contribution in [0.1, 0.15) is 34.6 Å². The van der Waals surface area contributed by atoms with Gasteiger partial charge in [0.2, 0.25) is 0 Å². The molecule has 26 heavy (non-hydrogen) atoms. The number of anilines is 1. The first kappa shape index (κ1) is 23.9. The molecule has 0 bridgehead atoms. The Morgan fingerprint density at radius 2 is 1.92 bits per heavy atom. The lowest BCUT2D eigenvalue weighted by Crippen LogP contribution is -2.46. The highest BCUT2D eigenvalue weighted by Crippen LogP contribution is 2.36. The van der Waals surface area contributed by atoms with Crippen LogP contribution in [0.15, 0.2) is 60.1 Å². The van der Waals surface area contributed by atoms with Gasteiger partial charge in [0, 0.05) is 6.54 Å². The van der Waals surface area contributed by atoms with Crippen LogP contribution in [0.2, 0.25) is 0 Å². The first-order chi connectivity index (χ1) is 12.5. The number of hydrogen-bond donors (Lipinski definition) is 1. The van der Waals surface area contributed by atoms with Crippen molar-refractivity contribution in [3.05, 3.63) is 60.1 Å². The molecule has 0 fully saturated rings. The average Bonchev–Trinajstić information content (AvgIpc) is 2.70. The molecular weight excluding hydrogens is 348 g/mol. The van der Waals surface area contributed by atoms with Gasteiger partial charge in [-0.1, -0.05) is 58.6 Å². The van der Waals surface area contributed by atoms with Crippen molar-refractivity contribution in [2.24, 2.45) is 5.73 Å². The van der Waals surface area contributed by atoms with Crippen LogP contribution < -0.4 is 14.8 Å². The highest BCUT2D eigenvalue weighted by Gasteiger charge is 2.34. The Labute approximate surface area is 158 Å². The van der Waals surface area contributed by atoms with Gasteiger partial charge in [0.05, 0.1) is 17.1 Å². The molecule has 0 aromatic heterocycles. The van der Waals surface area contributed by atoms with E-state index in [0.717, 1.165) is 0 Å². The number of hydrogen-bond acceptors (Lipinski definition) is 4. The van der Waals surface area contributed by atoms with Crippen molar-refractivity contribution < 1.29 is 13.2 Å². The molecule has 1 unspecified atom stereocenters. The van der Waals surface area contributed by atoms with E-state index in [2.05, 4.69) is 6.58 Å². The van der Waals surface area contributed by atoms with Crippen molar-refractivity contribution in [1.29, 1.82) is 0 Å². The lowest BCUT2D eigenvalue weighted by Gasteiger charge is -2.35. The lowest BCUT2D eigenvalue weighted by atomic mass is 10.2. The van der Waals surface area contributed by atoms with Crippen LogP contribution in [0, 0.1) is 0 Å². The Hall–Kier alpha value is -2.05. The molecule has 146 valence electrons. The summed E-state index contributed by atoms with van der Waals surface area (Å²) in [5.41, 5.74) is 6.19. The third-order valence-electron chi connectivity index (χ3n) is 3.26. The molecule has 1 heterocycles. The summed E-state index contributed by atoms with van der Waals surface area (Å²) >= 11 is 0. The van der Waals surface area contributed by atoms with Crippen LogP contribution in [0.5, 0.6) is 5.75 Å². The van der Waals surface area contributed by atoms with Crippen molar-refractivity contribution in [3.8, 4) is 5.75 Å². The molecule has 6 heteroatoms. The van der Waals surface area contributed by atoms with E-state index in [1.165, 1.54) is 16.5 Å². The first-order valence-electron chi connectivity index (χ1n) is 8.98. The van der Waals surface area contributed by atoms with E-state index in [4.69, 9.17) is 10.5 Å². The van der Waals surface area contributed by atoms with Crippen molar-refractivity contribution in [3.63, 3.8) is 0 Å². The second-order valence-corrected chi connectivity index (χ2v) is 6.65. The fraction of sp³-hybridized carbons (Fsp3) is 0.400. The molecule has 0 aliphatic carbocycles. The van der Waals surface area contributed by atoms with E-state index in [0.29, 0.717) is 11.4 Å². The normalized spacial score (nSPS) is 16.5. The summed E-state index contributed by atoms with van der Waals surface area (Å²) in [6.45, 7) is 13.8. The maximum Gasteiger partial charge on any atom is 0.264 e. The fourth-order valence-corrected chi connectivity index (χ4v) is 3.85. The fourth-order valence-electron chi connectivity index (χ4n) is 2.25. The van der Waals surface area contributed by atoms with Crippen LogP contribution >= 0.6 is 0 Å². The molecule has 0 amide bonds. The lowest BCUT2D eigenvalue weighted by molar-refractivity contribution is 0.208. The summed E-state index contributed by atoms with van der Waals surface area (Å²) in [4.78, 5) is 0.178. The molecule has 1 aromatic carbocycles. The number of rotatable bonds is 5. The maximum atomic E-state index is 13.0. The van der Waals surface area contributed by atoms with Crippen LogP contribution in [0.3, 0.4) is 0 Å². The van der Waals surface area contributed by atoms with Gasteiger partial charge in [0.15, 0.2) is 0 Å². The monoisotopic (exact) mass is 380 g/mol. The van der Waals surface area contributed by atoms with Crippen molar-refractivity contribution in [2.45, 2.75) is 40.7 Å². The van der Waals surface area contributed by atoms with Crippen molar-refractivity contribution >= 4 is 15.7 Å². The molecule has 2 rings (SSSR count). The molecule has 1 atom stereocenters. The number of benzene rings is 1. The van der Waals surface area contributed by atoms with E-state index in [1.54, 1.807) is 43.3 Å². The number of nitrogens with zero attached hydrogens (tertiary/aromatic N) is 1. The standard InChI is InChI=1S/C16H20N2O3S.2C2H6/c1-3-7-14(8-4-2)22(19,20)18-12-13(11-17)21-16-10-6-5-9-15(16)18;2*1-2/h3-10,13H,1,11-12,17H2,2H3;2*1-2H3/b8-4-,14-7+;;. The van der Waals surface area contributed by atoms with Crippen LogP contribution in [-0.4, -0.2) is 27.6 Å². The van der Waals surface area contributed by atoms with Crippen LogP contribution in [-0.2, 0) is 10.0 Å². The molecule has 1 aliphatic heterocycles. The first-order valence-corrected chi connectivity index (χ1v) is 10.4. The van der Waals surface area contributed by atoms with E-state index < -0.39 is 10.0 Å². The van der Waals surface area contributed by atoms with Gasteiger partial charge >= 0.3 is 0 Å². The number of sulfonamides is 1. The van der Waals surface area contributed by atoms with Crippen molar-refractivity contribution in [2.75, 3.05) is 17.4 Å². The van der Waals surface area contributed by atoms with Gasteiger partial charge in [0.25, 0.3) is 10.0 Å². The Morgan fingerprint density at radius 3 is 2.46 bits per heavy atom. The third-order valence-corrected chi connectivity index (χ3v) is 5.05. The molecule has 0 saturated carbocycles. The van der Waals surface area contributed by atoms with Crippen molar-refractivity contribution in [1.82, 2.24) is 0 Å². The Kier molecular flexibility index (Phi) is 11.4. The van der Waals surface area contributed by atoms with Gasteiger partial charge < -0.3 is 10.5 Å². The zero-order valence-corrected chi connectivity index (χ0v) is 17.3. The second-order valence-electron chi connectivity index (χ2n) is 4.78. The van der Waals surface area contributed by atoms with Gasteiger partial charge in [-0.15, -0.1) is 0 Å². The van der Waals surface area contributed by atoms with E-state index in [9.17, 15) is 8.42 Å². The summed E-state index contributed by atoms with van der Waals surface area (Å²) in [7, 11) is -3.70. The van der Waals surface area contributed by atoms with E-state index >= 15 is 0 Å². The van der Waals surface area contributed by atoms with Gasteiger partial charge in [-0.2, -0.15) is 0 Å². The number of nitrogens with two attached hydrogens (primary N) is 1. The minimum Gasteiger partial charge on any atom is -0.485 e. The summed E-state index contributed by atoms with van der Waals surface area (Å²) in [6.07, 6.45) is 5.79. The molecule has 2 N–H and O–H groups in total. The molecule has 0 spiro atoms. The van der Waals surface area contributed by atoms with Gasteiger partial charge in [-0.05, 0) is 31.2 Å². The molecular formula is C20H32N2O3S. The Bertz CT molecular complexity index is 710. The zero-order valence-electron chi connectivity index (χ0n) is 16.5. The summed E-state index contributed by atoms with van der Waals surface area (Å²) < 4.78 is 33.0. The quantitative estimate of drug-likeness (QED) is 0.776. The smallest absolute Gasteiger partial charge is 0.264 e. The Morgan fingerprint density at radius 1 is 1.31 bits per heavy atom. The van der Waals surface area contributed by atoms with Gasteiger partial charge in [0.1, 0.15) is 11.9 Å². The SMILES string of the molecule is C=C/C=C(\C=C/C)S(=O)(=O)N1CC(CN)Oc2ccccc21.CC.CC. The third kappa shape index (κ3) is 5.75. The predicted molar refractivity (Wildman–Crippen MR) is 112 cm³/mol. The maximum absolute atomic E-state index is 13.0. The minimum atomic E-state index is -3.70. The number of para-hydroxylation sites is 2. The number of ether oxygens (including phenoxy) is 1. The van der Waals surface area contributed by atoms with E-state index in [1.807, 2.05) is 27.7 Å². The van der Waals surface area contributed by atoms with Gasteiger partial charge in [-0.3, -0.25) is 4.31 Å². The van der Waals surface area contributed by atoms with Crippen LogP contribution in [0.4, 0.5) is 5.69 Å². The highest BCUT2D eigenvalue weighted by atomic mass is 32.2. The second kappa shape index (κ2) is 12.3. The summed E-state index contributed by atoms with van der Waals surface area (Å²) in [5, 5.41) is 0. The highest BCUT2D eigenvalue weighted by molar-refractivity contribution is 7.96. The number of allylic oxidation sites excluding steroid dienone is 4. The molecule has 1 aliphatic rings. The van der Waals surface area contributed by atoms with E-state index in [-0.39, 0.29) is 24.1 Å². The average molecular weight is 381 g/mol. The van der Waals surface area contributed by atoms with Crippen LogP contribution in [0.25, 0.3) is 0 Å². The molecule has 0 saturated heterocycles. The predicted octanol–water partition coefficient (Wildman–Crippen LogP) is 4.24. The summed E-state index contributed by atoms with van der Waals surface area (Å²) in [5.74, 6) is 0.520. The molecule has 1 aromatic rings. The zero-order chi connectivity index (χ0) is 20.2. The Balaban J connectivity index is 0.00000146. The molecule has 0 radical (unpaired) electrons. The van der Waals surface area contributed by atoms with Gasteiger partial charge in [-0.25, -0.2) is 8.42 Å². The molecule has 5 nitrogen and oxygen atoms in total. The summed E-state index contributed by atoms with van der Waals surface area (Å²) in [6, 6.07) is 7.04. The minimum absolute atomic E-state index is 0.178.